The van der Waals surface area contributed by atoms with Crippen molar-refractivity contribution in [3.8, 4) is 0 Å². The zero-order valence-electron chi connectivity index (χ0n) is 20.0. The molecule has 0 aliphatic carbocycles. The van der Waals surface area contributed by atoms with Crippen LogP contribution in [0.3, 0.4) is 0 Å². The van der Waals surface area contributed by atoms with Crippen LogP contribution >= 0.6 is 11.3 Å². The van der Waals surface area contributed by atoms with Gasteiger partial charge < -0.3 is 10.2 Å². The summed E-state index contributed by atoms with van der Waals surface area (Å²) in [7, 11) is 0. The van der Waals surface area contributed by atoms with E-state index < -0.39 is 0 Å². The van der Waals surface area contributed by atoms with Crippen molar-refractivity contribution in [2.75, 3.05) is 25.0 Å². The third-order valence-corrected chi connectivity index (χ3v) is 7.94. The summed E-state index contributed by atoms with van der Waals surface area (Å²) in [6, 6.07) is 17.0. The number of fused-ring (bicyclic) bond motifs is 1. The summed E-state index contributed by atoms with van der Waals surface area (Å²) in [5, 5.41) is 6.84. The van der Waals surface area contributed by atoms with Crippen LogP contribution in [0.1, 0.15) is 75.3 Å². The van der Waals surface area contributed by atoms with Crippen molar-refractivity contribution < 1.29 is 4.79 Å². The maximum Gasteiger partial charge on any atom is 0.224 e. The molecule has 1 amide bonds. The summed E-state index contributed by atoms with van der Waals surface area (Å²) < 4.78 is 1.33. The van der Waals surface area contributed by atoms with E-state index in [9.17, 15) is 4.79 Å². The summed E-state index contributed by atoms with van der Waals surface area (Å²) in [6.07, 6.45) is 10.0. The Balaban J connectivity index is 1.28. The predicted molar refractivity (Wildman–Crippen MR) is 142 cm³/mol. The first-order valence-corrected chi connectivity index (χ1v) is 13.7. The van der Waals surface area contributed by atoms with E-state index in [1.165, 1.54) is 73.0 Å². The van der Waals surface area contributed by atoms with Crippen LogP contribution in [0, 0.1) is 0 Å². The number of thiophene rings is 1. The Hall–Kier alpha value is -2.17. The normalized spacial score (nSPS) is 15.2. The number of unbranched alkanes of at least 4 members (excludes halogenated alkanes) is 3. The van der Waals surface area contributed by atoms with E-state index in [1.54, 1.807) is 0 Å². The number of nitrogens with zero attached hydrogens (tertiary/aromatic N) is 1. The molecular formula is C29H38N2OS. The van der Waals surface area contributed by atoms with Crippen molar-refractivity contribution in [3.63, 3.8) is 0 Å². The van der Waals surface area contributed by atoms with Crippen LogP contribution < -0.4 is 5.32 Å². The van der Waals surface area contributed by atoms with Crippen molar-refractivity contribution in [2.45, 2.75) is 70.6 Å². The molecule has 1 aromatic heterocycles. The number of hydrogen-bond donors (Lipinski definition) is 1. The molecule has 2 aromatic carbocycles. The minimum absolute atomic E-state index is 0.125. The molecule has 4 rings (SSSR count). The lowest BCUT2D eigenvalue weighted by Crippen LogP contribution is -2.33. The van der Waals surface area contributed by atoms with Gasteiger partial charge in [-0.2, -0.15) is 0 Å². The lowest BCUT2D eigenvalue weighted by molar-refractivity contribution is -0.116. The number of amides is 1. The molecule has 0 unspecified atom stereocenters. The van der Waals surface area contributed by atoms with Crippen LogP contribution in [0.5, 0.6) is 0 Å². The van der Waals surface area contributed by atoms with Crippen LogP contribution in [-0.4, -0.2) is 30.4 Å². The SMILES string of the molecule is CCCCCN1CCC(c2csc3ccc(NC(=O)CCCCc4ccccc4)cc23)CC1. The first-order valence-electron chi connectivity index (χ1n) is 12.8. The van der Waals surface area contributed by atoms with Gasteiger partial charge in [0.2, 0.25) is 5.91 Å². The van der Waals surface area contributed by atoms with Crippen molar-refractivity contribution in [1.82, 2.24) is 4.90 Å². The number of likely N-dealkylation sites (tertiary alicyclic amines) is 1. The van der Waals surface area contributed by atoms with Crippen LogP contribution in [0.4, 0.5) is 5.69 Å². The average Bonchev–Trinajstić information content (AvgIpc) is 3.26. The first-order chi connectivity index (χ1) is 16.2. The summed E-state index contributed by atoms with van der Waals surface area (Å²) in [4.78, 5) is 15.2. The van der Waals surface area contributed by atoms with Gasteiger partial charge in [0.1, 0.15) is 0 Å². The Bertz CT molecular complexity index is 1000. The second-order valence-electron chi connectivity index (χ2n) is 9.47. The van der Waals surface area contributed by atoms with Gasteiger partial charge in [-0.05, 0) is 104 Å². The smallest absolute Gasteiger partial charge is 0.224 e. The van der Waals surface area contributed by atoms with Crippen molar-refractivity contribution in [1.29, 1.82) is 0 Å². The molecule has 0 spiro atoms. The Morgan fingerprint density at radius 1 is 1.03 bits per heavy atom. The Labute approximate surface area is 203 Å². The Kier molecular flexibility index (Phi) is 8.96. The molecule has 0 saturated carbocycles. The number of benzene rings is 2. The number of carbonyl (C=O) groups excluding carboxylic acids is 1. The van der Waals surface area contributed by atoms with Gasteiger partial charge in [-0.15, -0.1) is 11.3 Å². The van der Waals surface area contributed by atoms with Gasteiger partial charge in [0.05, 0.1) is 0 Å². The van der Waals surface area contributed by atoms with E-state index in [0.717, 1.165) is 24.9 Å². The number of piperidine rings is 1. The monoisotopic (exact) mass is 462 g/mol. The molecule has 1 N–H and O–H groups in total. The number of aryl methyl sites for hydroxylation is 1. The molecule has 33 heavy (non-hydrogen) atoms. The number of anilines is 1. The molecule has 3 aromatic rings. The van der Waals surface area contributed by atoms with Crippen LogP contribution in [-0.2, 0) is 11.2 Å². The fourth-order valence-corrected chi connectivity index (χ4v) is 6.00. The number of hydrogen-bond acceptors (Lipinski definition) is 3. The predicted octanol–water partition coefficient (Wildman–Crippen LogP) is 7.62. The van der Waals surface area contributed by atoms with Gasteiger partial charge in [-0.3, -0.25) is 4.79 Å². The summed E-state index contributed by atoms with van der Waals surface area (Å²) in [5.41, 5.74) is 3.77. The molecule has 4 heteroatoms. The van der Waals surface area contributed by atoms with Gasteiger partial charge in [-0.1, -0.05) is 50.1 Å². The molecule has 0 radical (unpaired) electrons. The van der Waals surface area contributed by atoms with Gasteiger partial charge in [-0.25, -0.2) is 0 Å². The maximum atomic E-state index is 12.5. The Morgan fingerprint density at radius 2 is 1.85 bits per heavy atom. The van der Waals surface area contributed by atoms with E-state index in [2.05, 4.69) is 65.0 Å². The second kappa shape index (κ2) is 12.3. The standard InChI is InChI=1S/C29H38N2OS/c1-2-3-9-18-31-19-16-24(17-20-31)27-22-33-28-15-14-25(21-26(27)28)30-29(32)13-8-7-12-23-10-5-4-6-11-23/h4-6,10-11,14-15,21-22,24H,2-3,7-9,12-13,16-20H2,1H3,(H,30,32). The third-order valence-electron chi connectivity index (χ3n) is 6.95. The fraction of sp³-hybridized carbons (Fsp3) is 0.483. The lowest BCUT2D eigenvalue weighted by Gasteiger charge is -2.32. The maximum absolute atomic E-state index is 12.5. The highest BCUT2D eigenvalue weighted by molar-refractivity contribution is 7.17. The van der Waals surface area contributed by atoms with Crippen molar-refractivity contribution >= 4 is 33.0 Å². The quantitative estimate of drug-likeness (QED) is 0.297. The van der Waals surface area contributed by atoms with Crippen LogP contribution in [0.15, 0.2) is 53.9 Å². The van der Waals surface area contributed by atoms with E-state index in [0.29, 0.717) is 12.3 Å². The van der Waals surface area contributed by atoms with Crippen LogP contribution in [0.25, 0.3) is 10.1 Å². The van der Waals surface area contributed by atoms with E-state index in [-0.39, 0.29) is 5.91 Å². The van der Waals surface area contributed by atoms with E-state index in [4.69, 9.17) is 0 Å². The molecule has 1 saturated heterocycles. The topological polar surface area (TPSA) is 32.3 Å². The summed E-state index contributed by atoms with van der Waals surface area (Å²) in [6.45, 7) is 5.96. The van der Waals surface area contributed by atoms with Gasteiger partial charge in [0.25, 0.3) is 0 Å². The average molecular weight is 463 g/mol. The number of rotatable bonds is 11. The lowest BCUT2D eigenvalue weighted by atomic mass is 9.89. The summed E-state index contributed by atoms with van der Waals surface area (Å²) in [5.74, 6) is 0.768. The zero-order chi connectivity index (χ0) is 22.9. The molecule has 1 aliphatic rings. The molecular weight excluding hydrogens is 424 g/mol. The van der Waals surface area contributed by atoms with E-state index >= 15 is 0 Å². The molecule has 0 bridgehead atoms. The van der Waals surface area contributed by atoms with Crippen molar-refractivity contribution in [3.05, 3.63) is 65.0 Å². The highest BCUT2D eigenvalue weighted by atomic mass is 32.1. The zero-order valence-corrected chi connectivity index (χ0v) is 20.8. The second-order valence-corrected chi connectivity index (χ2v) is 10.4. The third kappa shape index (κ3) is 6.91. The molecule has 176 valence electrons. The Morgan fingerprint density at radius 3 is 2.64 bits per heavy atom. The number of nitrogens with one attached hydrogen (secondary N) is 1. The highest BCUT2D eigenvalue weighted by Crippen LogP contribution is 2.38. The van der Waals surface area contributed by atoms with Gasteiger partial charge in [0.15, 0.2) is 0 Å². The van der Waals surface area contributed by atoms with Crippen molar-refractivity contribution in [2.24, 2.45) is 0 Å². The van der Waals surface area contributed by atoms with Crippen LogP contribution in [0.2, 0.25) is 0 Å². The molecule has 0 atom stereocenters. The molecule has 1 aliphatic heterocycles. The fourth-order valence-electron chi connectivity index (χ4n) is 4.98. The molecule has 3 nitrogen and oxygen atoms in total. The largest absolute Gasteiger partial charge is 0.326 e. The minimum atomic E-state index is 0.125. The minimum Gasteiger partial charge on any atom is -0.326 e. The molecule has 2 heterocycles. The van der Waals surface area contributed by atoms with E-state index in [1.807, 2.05) is 17.4 Å². The van der Waals surface area contributed by atoms with Gasteiger partial charge >= 0.3 is 0 Å². The van der Waals surface area contributed by atoms with Gasteiger partial charge in [0, 0.05) is 16.8 Å². The summed E-state index contributed by atoms with van der Waals surface area (Å²) >= 11 is 1.84. The highest BCUT2D eigenvalue weighted by Gasteiger charge is 2.22. The number of carbonyl (C=O) groups is 1. The molecule has 1 fully saturated rings. The first kappa shape index (κ1) is 24.0.